The Balaban J connectivity index is 2.02. The van der Waals surface area contributed by atoms with E-state index < -0.39 is 29.3 Å². The third kappa shape index (κ3) is 8.35. The fraction of sp³-hybridized carbons (Fsp3) is 0.640. The number of nitrogens with one attached hydrogen (secondary N) is 1. The van der Waals surface area contributed by atoms with Crippen LogP contribution >= 0.6 is 0 Å². The molecule has 1 aliphatic rings. The quantitative estimate of drug-likeness (QED) is 0.363. The zero-order chi connectivity index (χ0) is 24.3. The molecule has 0 bridgehead atoms. The second-order valence-electron chi connectivity index (χ2n) is 9.02. The van der Waals surface area contributed by atoms with E-state index in [2.05, 4.69) is 5.32 Å². The number of aliphatic carboxylic acids is 2. The SMILES string of the molecule is COCC[C@H](CC1(C(=O)NC(CCCc2ccc(OC)cc2)CC(=O)O)CCCC1)C(=O)O. The zero-order valence-electron chi connectivity index (χ0n) is 19.7. The van der Waals surface area contributed by atoms with Gasteiger partial charge in [0.05, 0.1) is 24.9 Å². The number of carbonyl (C=O) groups excluding carboxylic acids is 1. The molecular formula is C25H37NO7. The Morgan fingerprint density at radius 3 is 2.27 bits per heavy atom. The van der Waals surface area contributed by atoms with Crippen molar-refractivity contribution in [1.82, 2.24) is 5.32 Å². The molecule has 0 spiro atoms. The number of carbonyl (C=O) groups is 3. The summed E-state index contributed by atoms with van der Waals surface area (Å²) in [6.45, 7) is 0.321. The van der Waals surface area contributed by atoms with Crippen LogP contribution in [0, 0.1) is 11.3 Å². The van der Waals surface area contributed by atoms with E-state index in [9.17, 15) is 24.6 Å². The number of carboxylic acids is 2. The third-order valence-electron chi connectivity index (χ3n) is 6.63. The molecule has 8 nitrogen and oxygen atoms in total. The minimum atomic E-state index is -0.964. The van der Waals surface area contributed by atoms with Crippen LogP contribution in [0.4, 0.5) is 0 Å². The van der Waals surface area contributed by atoms with Crippen molar-refractivity contribution >= 4 is 17.8 Å². The molecule has 0 radical (unpaired) electrons. The van der Waals surface area contributed by atoms with Gasteiger partial charge >= 0.3 is 11.9 Å². The van der Waals surface area contributed by atoms with Gasteiger partial charge in [-0.2, -0.15) is 0 Å². The van der Waals surface area contributed by atoms with Crippen LogP contribution < -0.4 is 10.1 Å². The lowest BCUT2D eigenvalue weighted by Crippen LogP contribution is -2.46. The number of hydrogen-bond donors (Lipinski definition) is 3. The molecule has 1 fully saturated rings. The number of methoxy groups -OCH3 is 2. The molecule has 1 aliphatic carbocycles. The number of ether oxygens (including phenoxy) is 2. The molecule has 1 amide bonds. The first-order chi connectivity index (χ1) is 15.8. The summed E-state index contributed by atoms with van der Waals surface area (Å²) in [6, 6.07) is 7.23. The van der Waals surface area contributed by atoms with Crippen molar-refractivity contribution in [2.45, 2.75) is 70.3 Å². The Bertz CT molecular complexity index is 771. The van der Waals surface area contributed by atoms with Gasteiger partial charge in [-0.05, 0) is 62.6 Å². The lowest BCUT2D eigenvalue weighted by molar-refractivity contribution is -0.145. The maximum absolute atomic E-state index is 13.4. The fourth-order valence-corrected chi connectivity index (χ4v) is 4.74. The van der Waals surface area contributed by atoms with Gasteiger partial charge in [0, 0.05) is 19.8 Å². The van der Waals surface area contributed by atoms with E-state index in [0.717, 1.165) is 37.0 Å². The summed E-state index contributed by atoms with van der Waals surface area (Å²) < 4.78 is 10.2. The highest BCUT2D eigenvalue weighted by atomic mass is 16.5. The molecule has 8 heteroatoms. The molecule has 0 saturated heterocycles. The lowest BCUT2D eigenvalue weighted by Gasteiger charge is -2.32. The monoisotopic (exact) mass is 463 g/mol. The van der Waals surface area contributed by atoms with Crippen molar-refractivity contribution in [3.63, 3.8) is 0 Å². The Hall–Kier alpha value is -2.61. The molecule has 1 aromatic rings. The number of rotatable bonds is 15. The van der Waals surface area contributed by atoms with Crippen molar-refractivity contribution in [3.8, 4) is 5.75 Å². The Morgan fingerprint density at radius 2 is 1.73 bits per heavy atom. The summed E-state index contributed by atoms with van der Waals surface area (Å²) in [6.07, 6.45) is 5.45. The van der Waals surface area contributed by atoms with Crippen molar-refractivity contribution in [1.29, 1.82) is 0 Å². The van der Waals surface area contributed by atoms with Crippen LogP contribution in [0.1, 0.15) is 63.4 Å². The van der Waals surface area contributed by atoms with E-state index in [1.165, 1.54) is 7.11 Å². The van der Waals surface area contributed by atoms with Crippen LogP contribution in [0.2, 0.25) is 0 Å². The highest BCUT2D eigenvalue weighted by Gasteiger charge is 2.44. The summed E-state index contributed by atoms with van der Waals surface area (Å²) >= 11 is 0. The average Bonchev–Trinajstić information content (AvgIpc) is 3.26. The van der Waals surface area contributed by atoms with Crippen LogP contribution in [0.5, 0.6) is 5.75 Å². The van der Waals surface area contributed by atoms with Crippen LogP contribution in [-0.4, -0.2) is 54.9 Å². The largest absolute Gasteiger partial charge is 0.497 e. The van der Waals surface area contributed by atoms with Gasteiger partial charge in [-0.3, -0.25) is 14.4 Å². The number of carboxylic acid groups (broad SMARTS) is 2. The first kappa shape index (κ1) is 26.6. The highest BCUT2D eigenvalue weighted by molar-refractivity contribution is 5.84. The predicted molar refractivity (Wildman–Crippen MR) is 123 cm³/mol. The second-order valence-corrected chi connectivity index (χ2v) is 9.02. The summed E-state index contributed by atoms with van der Waals surface area (Å²) in [5.74, 6) is -1.98. The first-order valence-corrected chi connectivity index (χ1v) is 11.7. The summed E-state index contributed by atoms with van der Waals surface area (Å²) in [5.41, 5.74) is 0.356. The van der Waals surface area contributed by atoms with E-state index in [4.69, 9.17) is 9.47 Å². The molecule has 184 valence electrons. The van der Waals surface area contributed by atoms with Gasteiger partial charge in [-0.15, -0.1) is 0 Å². The maximum atomic E-state index is 13.4. The molecule has 1 aromatic carbocycles. The molecule has 0 aliphatic heterocycles. The Kier molecular flexibility index (Phi) is 10.6. The van der Waals surface area contributed by atoms with Gasteiger partial charge in [0.15, 0.2) is 0 Å². The van der Waals surface area contributed by atoms with Crippen molar-refractivity contribution < 1.29 is 34.1 Å². The summed E-state index contributed by atoms with van der Waals surface area (Å²) in [4.78, 5) is 36.5. The number of hydrogen-bond acceptors (Lipinski definition) is 5. The second kappa shape index (κ2) is 13.2. The Morgan fingerprint density at radius 1 is 1.06 bits per heavy atom. The molecule has 3 N–H and O–H groups in total. The van der Waals surface area contributed by atoms with Crippen molar-refractivity contribution in [2.75, 3.05) is 20.8 Å². The predicted octanol–water partition coefficient (Wildman–Crippen LogP) is 3.67. The Labute approximate surface area is 195 Å². The fourth-order valence-electron chi connectivity index (χ4n) is 4.74. The zero-order valence-corrected chi connectivity index (χ0v) is 19.7. The van der Waals surface area contributed by atoms with Crippen LogP contribution in [0.3, 0.4) is 0 Å². The summed E-state index contributed by atoms with van der Waals surface area (Å²) in [5, 5.41) is 22.0. The third-order valence-corrected chi connectivity index (χ3v) is 6.63. The van der Waals surface area contributed by atoms with Gasteiger partial charge in [0.1, 0.15) is 5.75 Å². The average molecular weight is 464 g/mol. The molecule has 2 rings (SSSR count). The smallest absolute Gasteiger partial charge is 0.306 e. The van der Waals surface area contributed by atoms with Crippen LogP contribution in [-0.2, 0) is 25.5 Å². The minimum absolute atomic E-state index is 0.156. The first-order valence-electron chi connectivity index (χ1n) is 11.7. The maximum Gasteiger partial charge on any atom is 0.306 e. The van der Waals surface area contributed by atoms with Gasteiger partial charge in [-0.1, -0.05) is 25.0 Å². The van der Waals surface area contributed by atoms with E-state index in [1.54, 1.807) is 7.11 Å². The molecule has 33 heavy (non-hydrogen) atoms. The van der Waals surface area contributed by atoms with E-state index in [1.807, 2.05) is 24.3 Å². The lowest BCUT2D eigenvalue weighted by atomic mass is 9.75. The normalized spacial score (nSPS) is 16.7. The standard InChI is InChI=1S/C25H37NO7/c1-32-15-12-19(23(29)30)17-25(13-3-4-14-25)24(31)26-20(16-22(27)28)7-5-6-18-8-10-21(33-2)11-9-18/h8-11,19-20H,3-7,12-17H2,1-2H3,(H,26,31)(H,27,28)(H,29,30)/t19-,20?/m1/s1. The summed E-state index contributed by atoms with van der Waals surface area (Å²) in [7, 11) is 3.14. The number of amides is 1. The molecule has 1 saturated carbocycles. The molecular weight excluding hydrogens is 426 g/mol. The minimum Gasteiger partial charge on any atom is -0.497 e. The molecule has 0 heterocycles. The van der Waals surface area contributed by atoms with Crippen molar-refractivity contribution in [2.24, 2.45) is 11.3 Å². The van der Waals surface area contributed by atoms with Gasteiger partial charge in [0.25, 0.3) is 0 Å². The van der Waals surface area contributed by atoms with Gasteiger partial charge in [0.2, 0.25) is 5.91 Å². The molecule has 1 unspecified atom stereocenters. The van der Waals surface area contributed by atoms with Crippen LogP contribution in [0.25, 0.3) is 0 Å². The number of benzene rings is 1. The van der Waals surface area contributed by atoms with E-state index >= 15 is 0 Å². The van der Waals surface area contributed by atoms with Crippen molar-refractivity contribution in [3.05, 3.63) is 29.8 Å². The van der Waals surface area contributed by atoms with Gasteiger partial charge in [-0.25, -0.2) is 0 Å². The highest BCUT2D eigenvalue weighted by Crippen LogP contribution is 2.44. The molecule has 2 atom stereocenters. The van der Waals surface area contributed by atoms with Crippen LogP contribution in [0.15, 0.2) is 24.3 Å². The van der Waals surface area contributed by atoms with Gasteiger partial charge < -0.3 is 25.0 Å². The number of aryl methyl sites for hydroxylation is 1. The van der Waals surface area contributed by atoms with E-state index in [-0.39, 0.29) is 18.7 Å². The topological polar surface area (TPSA) is 122 Å². The molecule has 0 aromatic heterocycles. The van der Waals surface area contributed by atoms with E-state index in [0.29, 0.717) is 32.3 Å².